The van der Waals surface area contributed by atoms with Gasteiger partial charge in [0.05, 0.1) is 6.34 Å². The number of imide groups is 1. The molecular formula is C13H18N4O3. The van der Waals surface area contributed by atoms with E-state index in [4.69, 9.17) is 0 Å². The van der Waals surface area contributed by atoms with Crippen molar-refractivity contribution >= 4 is 29.9 Å². The summed E-state index contributed by atoms with van der Waals surface area (Å²) in [4.78, 5) is 46.0. The predicted octanol–water partition coefficient (Wildman–Crippen LogP) is 0.839. The zero-order valence-corrected chi connectivity index (χ0v) is 11.9. The summed E-state index contributed by atoms with van der Waals surface area (Å²) < 4.78 is 0. The molecule has 0 fully saturated rings. The van der Waals surface area contributed by atoms with Gasteiger partial charge in [-0.05, 0) is 26.7 Å². The second-order valence-electron chi connectivity index (χ2n) is 5.26. The summed E-state index contributed by atoms with van der Waals surface area (Å²) in [6, 6.07) is -0.572. The van der Waals surface area contributed by atoms with Gasteiger partial charge in [0.25, 0.3) is 5.91 Å². The number of amides is 3. The Hall–Kier alpha value is -2.05. The van der Waals surface area contributed by atoms with Crippen LogP contribution < -0.4 is 0 Å². The molecule has 0 radical (unpaired) electrons. The van der Waals surface area contributed by atoms with Gasteiger partial charge in [0, 0.05) is 20.0 Å². The van der Waals surface area contributed by atoms with Crippen molar-refractivity contribution in [2.45, 2.75) is 38.6 Å². The largest absolute Gasteiger partial charge is 0.352 e. The van der Waals surface area contributed by atoms with E-state index in [1.807, 2.05) is 0 Å². The molecule has 0 bridgehead atoms. The number of ketones is 1. The molecule has 0 N–H and O–H groups in total. The maximum atomic E-state index is 12.5. The molecular weight excluding hydrogens is 260 g/mol. The van der Waals surface area contributed by atoms with Crippen molar-refractivity contribution in [2.24, 2.45) is 9.98 Å². The topological polar surface area (TPSA) is 82.4 Å². The number of carbonyl (C=O) groups is 3. The Kier molecular flexibility index (Phi) is 3.69. The number of hydrogen-bond acceptors (Lipinski definition) is 5. The van der Waals surface area contributed by atoms with Gasteiger partial charge in [-0.25, -0.2) is 9.79 Å². The van der Waals surface area contributed by atoms with E-state index in [0.717, 1.165) is 4.90 Å². The highest BCUT2D eigenvalue weighted by Gasteiger charge is 2.52. The molecule has 0 saturated carbocycles. The van der Waals surface area contributed by atoms with Gasteiger partial charge in [-0.2, -0.15) is 4.99 Å². The zero-order valence-electron chi connectivity index (χ0n) is 11.9. The summed E-state index contributed by atoms with van der Waals surface area (Å²) in [5, 5.41) is 0. The number of aliphatic imine (C=N–C) groups is 2. The van der Waals surface area contributed by atoms with E-state index < -0.39 is 11.6 Å². The Morgan fingerprint density at radius 1 is 1.35 bits per heavy atom. The summed E-state index contributed by atoms with van der Waals surface area (Å²) >= 11 is 0. The summed E-state index contributed by atoms with van der Waals surface area (Å²) in [5.74, 6) is 0.0443. The van der Waals surface area contributed by atoms with E-state index in [1.165, 1.54) is 13.3 Å². The van der Waals surface area contributed by atoms with Gasteiger partial charge < -0.3 is 9.69 Å². The monoisotopic (exact) mass is 278 g/mol. The molecule has 0 aliphatic carbocycles. The van der Waals surface area contributed by atoms with Gasteiger partial charge in [-0.15, -0.1) is 0 Å². The van der Waals surface area contributed by atoms with Crippen molar-refractivity contribution in [3.05, 3.63) is 0 Å². The smallest absolute Gasteiger partial charge is 0.345 e. The first-order valence-electron chi connectivity index (χ1n) is 6.59. The number of amidine groups is 1. The van der Waals surface area contributed by atoms with E-state index in [9.17, 15) is 14.4 Å². The second kappa shape index (κ2) is 5.15. The summed E-state index contributed by atoms with van der Waals surface area (Å²) in [6.07, 6.45) is 3.23. The molecule has 7 heteroatoms. The van der Waals surface area contributed by atoms with Crippen LogP contribution >= 0.6 is 0 Å². The third kappa shape index (κ3) is 2.23. The van der Waals surface area contributed by atoms with Gasteiger partial charge in [0.2, 0.25) is 0 Å². The van der Waals surface area contributed by atoms with Gasteiger partial charge in [0.15, 0.2) is 11.4 Å². The third-order valence-electron chi connectivity index (χ3n) is 3.75. The van der Waals surface area contributed by atoms with E-state index >= 15 is 0 Å². The first-order valence-corrected chi connectivity index (χ1v) is 6.59. The molecule has 0 aromatic carbocycles. The fourth-order valence-electron chi connectivity index (χ4n) is 2.27. The Bertz CT molecular complexity index is 526. The van der Waals surface area contributed by atoms with Gasteiger partial charge in [-0.3, -0.25) is 9.69 Å². The third-order valence-corrected chi connectivity index (χ3v) is 3.75. The first kappa shape index (κ1) is 14.4. The van der Waals surface area contributed by atoms with Crippen LogP contribution in [0.2, 0.25) is 0 Å². The fraction of sp³-hybridized carbons (Fsp3) is 0.615. The molecule has 1 atom stereocenters. The predicted molar refractivity (Wildman–Crippen MR) is 73.7 cm³/mol. The van der Waals surface area contributed by atoms with Crippen LogP contribution in [0.5, 0.6) is 0 Å². The molecule has 2 heterocycles. The molecule has 20 heavy (non-hydrogen) atoms. The van der Waals surface area contributed by atoms with Crippen molar-refractivity contribution in [2.75, 3.05) is 13.6 Å². The number of urea groups is 1. The highest BCUT2D eigenvalue weighted by atomic mass is 16.2. The van der Waals surface area contributed by atoms with Crippen molar-refractivity contribution in [3.63, 3.8) is 0 Å². The van der Waals surface area contributed by atoms with Crippen LogP contribution in [0.15, 0.2) is 9.98 Å². The Balaban J connectivity index is 2.07. The fourth-order valence-corrected chi connectivity index (χ4v) is 2.27. The number of unbranched alkanes of at least 4 members (excludes halogenated alkanes) is 1. The second-order valence-corrected chi connectivity index (χ2v) is 5.26. The summed E-state index contributed by atoms with van der Waals surface area (Å²) in [5.41, 5.74) is -0.992. The Labute approximate surface area is 117 Å². The zero-order chi connectivity index (χ0) is 14.9. The average Bonchev–Trinajstić information content (AvgIpc) is 2.66. The number of fused-ring (bicyclic) bond motifs is 1. The highest BCUT2D eigenvalue weighted by Crippen LogP contribution is 2.27. The Morgan fingerprint density at radius 2 is 2.05 bits per heavy atom. The molecule has 108 valence electrons. The SMILES string of the molecule is CC(=O)CCCCN1C(=O)N=C2N=CN(C)C2(C)C1=O. The Morgan fingerprint density at radius 3 is 2.70 bits per heavy atom. The van der Waals surface area contributed by atoms with Crippen molar-refractivity contribution in [3.8, 4) is 0 Å². The number of Topliss-reactive ketones (excluding diaryl/α,β-unsaturated/α-hetero) is 1. The van der Waals surface area contributed by atoms with E-state index in [0.29, 0.717) is 19.3 Å². The molecule has 2 rings (SSSR count). The van der Waals surface area contributed by atoms with Crippen LogP contribution in [0.25, 0.3) is 0 Å². The number of carbonyl (C=O) groups excluding carboxylic acids is 3. The molecule has 0 aromatic rings. The van der Waals surface area contributed by atoms with E-state index in [-0.39, 0.29) is 24.1 Å². The van der Waals surface area contributed by atoms with Crippen LogP contribution in [0.1, 0.15) is 33.1 Å². The maximum Gasteiger partial charge on any atom is 0.352 e. The van der Waals surface area contributed by atoms with Crippen molar-refractivity contribution in [1.82, 2.24) is 9.80 Å². The molecule has 1 unspecified atom stereocenters. The molecule has 0 aromatic heterocycles. The lowest BCUT2D eigenvalue weighted by Gasteiger charge is -2.37. The minimum Gasteiger partial charge on any atom is -0.345 e. The quantitative estimate of drug-likeness (QED) is 0.698. The lowest BCUT2D eigenvalue weighted by molar-refractivity contribution is -0.134. The lowest BCUT2D eigenvalue weighted by atomic mass is 9.96. The van der Waals surface area contributed by atoms with Crippen LogP contribution in [-0.4, -0.2) is 58.8 Å². The number of hydrogen-bond donors (Lipinski definition) is 0. The van der Waals surface area contributed by atoms with Gasteiger partial charge >= 0.3 is 6.03 Å². The standard InChI is InChI=1S/C13H18N4O3/c1-9(18)6-4-5-7-17-11(19)13(2)10(15-12(17)20)14-8-16(13)3/h8H,4-7H2,1-3H3. The van der Waals surface area contributed by atoms with Crippen molar-refractivity contribution in [1.29, 1.82) is 0 Å². The molecule has 7 nitrogen and oxygen atoms in total. The first-order chi connectivity index (χ1) is 9.37. The molecule has 0 saturated heterocycles. The van der Waals surface area contributed by atoms with Crippen LogP contribution in [0.4, 0.5) is 4.79 Å². The van der Waals surface area contributed by atoms with Crippen LogP contribution in [-0.2, 0) is 9.59 Å². The molecule has 2 aliphatic rings. The summed E-state index contributed by atoms with van der Waals surface area (Å²) in [7, 11) is 1.73. The van der Waals surface area contributed by atoms with Crippen molar-refractivity contribution < 1.29 is 14.4 Å². The van der Waals surface area contributed by atoms with E-state index in [2.05, 4.69) is 9.98 Å². The number of nitrogens with zero attached hydrogens (tertiary/aromatic N) is 4. The van der Waals surface area contributed by atoms with Crippen LogP contribution in [0.3, 0.4) is 0 Å². The lowest BCUT2D eigenvalue weighted by Crippen LogP contribution is -2.61. The highest BCUT2D eigenvalue weighted by molar-refractivity contribution is 6.25. The number of rotatable bonds is 5. The summed E-state index contributed by atoms with van der Waals surface area (Å²) in [6.45, 7) is 3.51. The minimum absolute atomic E-state index is 0.109. The number of likely N-dealkylation sites (N-methyl/N-ethyl adjacent to an activating group) is 1. The normalized spacial score (nSPS) is 25.1. The average molecular weight is 278 g/mol. The maximum absolute atomic E-state index is 12.5. The minimum atomic E-state index is -0.992. The van der Waals surface area contributed by atoms with Gasteiger partial charge in [-0.1, -0.05) is 0 Å². The van der Waals surface area contributed by atoms with Gasteiger partial charge in [0.1, 0.15) is 5.78 Å². The van der Waals surface area contributed by atoms with E-state index in [1.54, 1.807) is 18.9 Å². The molecule has 2 aliphatic heterocycles. The molecule has 0 spiro atoms. The molecule has 3 amide bonds. The van der Waals surface area contributed by atoms with Crippen LogP contribution in [0, 0.1) is 0 Å².